The van der Waals surface area contributed by atoms with Gasteiger partial charge in [-0.3, -0.25) is 14.8 Å². The standard InChI is InChI=1S/C19H21N3O7S/c1-12(17(23)21-19(25)20-2)29-18(24)13-7-6-8-14(11-13)30(26,27)22-15-9-4-5-10-16(15)28-3/h4-12,22H,1-3H3,(H2,20,21,23,25). The monoisotopic (exact) mass is 435 g/mol. The molecule has 0 saturated heterocycles. The number of sulfonamides is 1. The first-order chi connectivity index (χ1) is 14.2. The van der Waals surface area contributed by atoms with Crippen LogP contribution in [0.15, 0.2) is 53.4 Å². The van der Waals surface area contributed by atoms with Crippen LogP contribution in [0.5, 0.6) is 5.75 Å². The van der Waals surface area contributed by atoms with Crippen molar-refractivity contribution in [2.24, 2.45) is 0 Å². The SMILES string of the molecule is CNC(=O)NC(=O)C(C)OC(=O)c1cccc(S(=O)(=O)Nc2ccccc2OC)c1. The number of esters is 1. The molecule has 3 N–H and O–H groups in total. The smallest absolute Gasteiger partial charge is 0.338 e. The molecule has 160 valence electrons. The minimum atomic E-state index is -4.04. The van der Waals surface area contributed by atoms with Crippen LogP contribution in [-0.2, 0) is 19.6 Å². The lowest BCUT2D eigenvalue weighted by Crippen LogP contribution is -2.43. The Labute approximate surface area is 173 Å². The van der Waals surface area contributed by atoms with E-state index in [-0.39, 0.29) is 16.1 Å². The third-order valence-electron chi connectivity index (χ3n) is 3.85. The molecule has 0 radical (unpaired) electrons. The average Bonchev–Trinajstić information content (AvgIpc) is 2.73. The van der Waals surface area contributed by atoms with Gasteiger partial charge in [-0.05, 0) is 37.3 Å². The topological polar surface area (TPSA) is 140 Å². The van der Waals surface area contributed by atoms with Crippen molar-refractivity contribution in [3.8, 4) is 5.75 Å². The fourth-order valence-corrected chi connectivity index (χ4v) is 3.40. The second kappa shape index (κ2) is 9.74. The summed E-state index contributed by atoms with van der Waals surface area (Å²) in [7, 11) is -1.30. The fourth-order valence-electron chi connectivity index (χ4n) is 2.28. The Bertz CT molecular complexity index is 1050. The van der Waals surface area contributed by atoms with E-state index in [9.17, 15) is 22.8 Å². The number of carbonyl (C=O) groups is 3. The summed E-state index contributed by atoms with van der Waals surface area (Å²) in [6.45, 7) is 1.28. The lowest BCUT2D eigenvalue weighted by atomic mass is 10.2. The second-order valence-corrected chi connectivity index (χ2v) is 7.63. The highest BCUT2D eigenvalue weighted by atomic mass is 32.2. The minimum absolute atomic E-state index is 0.0857. The highest BCUT2D eigenvalue weighted by molar-refractivity contribution is 7.92. The highest BCUT2D eigenvalue weighted by Gasteiger charge is 2.22. The number of hydrogen-bond acceptors (Lipinski definition) is 7. The molecule has 3 amide bonds. The van der Waals surface area contributed by atoms with Gasteiger partial charge in [-0.25, -0.2) is 18.0 Å². The van der Waals surface area contributed by atoms with Crippen LogP contribution < -0.4 is 20.1 Å². The van der Waals surface area contributed by atoms with Gasteiger partial charge in [-0.15, -0.1) is 0 Å². The van der Waals surface area contributed by atoms with E-state index in [0.29, 0.717) is 5.75 Å². The quantitative estimate of drug-likeness (QED) is 0.560. The van der Waals surface area contributed by atoms with E-state index in [4.69, 9.17) is 9.47 Å². The number of amides is 3. The molecule has 2 aromatic rings. The Balaban J connectivity index is 2.17. The van der Waals surface area contributed by atoms with E-state index in [1.54, 1.807) is 18.2 Å². The molecule has 2 aromatic carbocycles. The summed E-state index contributed by atoms with van der Waals surface area (Å²) in [6, 6.07) is 10.8. The van der Waals surface area contributed by atoms with Crippen LogP contribution >= 0.6 is 0 Å². The number of benzene rings is 2. The van der Waals surface area contributed by atoms with Gasteiger partial charge in [0.05, 0.1) is 23.3 Å². The molecule has 0 spiro atoms. The predicted octanol–water partition coefficient (Wildman–Crippen LogP) is 1.50. The Morgan fingerprint density at radius 2 is 1.73 bits per heavy atom. The summed E-state index contributed by atoms with van der Waals surface area (Å²) in [5.41, 5.74) is 0.143. The lowest BCUT2D eigenvalue weighted by Gasteiger charge is -2.14. The van der Waals surface area contributed by atoms with E-state index >= 15 is 0 Å². The summed E-state index contributed by atoms with van der Waals surface area (Å²) >= 11 is 0. The van der Waals surface area contributed by atoms with E-state index in [0.717, 1.165) is 6.07 Å². The first kappa shape index (κ1) is 22.7. The number of imide groups is 1. The van der Waals surface area contributed by atoms with Crippen molar-refractivity contribution < 1.29 is 32.3 Å². The van der Waals surface area contributed by atoms with Gasteiger partial charge in [0.25, 0.3) is 15.9 Å². The lowest BCUT2D eigenvalue weighted by molar-refractivity contribution is -0.127. The van der Waals surface area contributed by atoms with Crippen LogP contribution in [0.25, 0.3) is 0 Å². The summed E-state index contributed by atoms with van der Waals surface area (Å²) < 4.78 is 37.9. The van der Waals surface area contributed by atoms with Gasteiger partial charge in [0.2, 0.25) is 0 Å². The predicted molar refractivity (Wildman–Crippen MR) is 108 cm³/mol. The number of ether oxygens (including phenoxy) is 2. The van der Waals surface area contributed by atoms with Crippen LogP contribution in [0.4, 0.5) is 10.5 Å². The maximum atomic E-state index is 12.7. The summed E-state index contributed by atoms with van der Waals surface area (Å²) in [4.78, 5) is 35.1. The average molecular weight is 435 g/mol. The van der Waals surface area contributed by atoms with Crippen molar-refractivity contribution in [1.82, 2.24) is 10.6 Å². The van der Waals surface area contributed by atoms with E-state index in [2.05, 4.69) is 10.0 Å². The molecule has 0 bridgehead atoms. The molecule has 1 unspecified atom stereocenters. The van der Waals surface area contributed by atoms with Gasteiger partial charge >= 0.3 is 12.0 Å². The number of anilines is 1. The van der Waals surface area contributed by atoms with Crippen LogP contribution in [0.3, 0.4) is 0 Å². The molecule has 0 aromatic heterocycles. The van der Waals surface area contributed by atoms with E-state index in [1.165, 1.54) is 45.3 Å². The molecule has 0 aliphatic heterocycles. The summed E-state index contributed by atoms with van der Waals surface area (Å²) in [5.74, 6) is -1.43. The number of hydrogen-bond donors (Lipinski definition) is 3. The van der Waals surface area contributed by atoms with Crippen molar-refractivity contribution in [3.05, 3.63) is 54.1 Å². The number of methoxy groups -OCH3 is 1. The van der Waals surface area contributed by atoms with Crippen molar-refractivity contribution in [2.75, 3.05) is 18.9 Å². The van der Waals surface area contributed by atoms with Gasteiger partial charge < -0.3 is 14.8 Å². The molecule has 30 heavy (non-hydrogen) atoms. The zero-order valence-electron chi connectivity index (χ0n) is 16.5. The molecular weight excluding hydrogens is 414 g/mol. The largest absolute Gasteiger partial charge is 0.495 e. The molecule has 11 heteroatoms. The summed E-state index contributed by atoms with van der Waals surface area (Å²) in [6.07, 6.45) is -1.28. The molecule has 2 rings (SSSR count). The molecule has 0 saturated carbocycles. The Kier molecular flexibility index (Phi) is 7.37. The molecule has 0 heterocycles. The van der Waals surface area contributed by atoms with Crippen molar-refractivity contribution in [1.29, 1.82) is 0 Å². The molecule has 1 atom stereocenters. The zero-order chi connectivity index (χ0) is 22.3. The third kappa shape index (κ3) is 5.70. The molecule has 10 nitrogen and oxygen atoms in total. The zero-order valence-corrected chi connectivity index (χ0v) is 17.3. The Hall–Kier alpha value is -3.60. The second-order valence-electron chi connectivity index (χ2n) is 5.95. The Morgan fingerprint density at radius 3 is 2.40 bits per heavy atom. The van der Waals surface area contributed by atoms with Gasteiger partial charge in [-0.1, -0.05) is 18.2 Å². The fraction of sp³-hybridized carbons (Fsp3) is 0.211. The van der Waals surface area contributed by atoms with Crippen LogP contribution in [0, 0.1) is 0 Å². The van der Waals surface area contributed by atoms with Crippen LogP contribution in [-0.4, -0.2) is 46.6 Å². The Morgan fingerprint density at radius 1 is 1.03 bits per heavy atom. The number of para-hydroxylation sites is 2. The molecule has 0 aliphatic rings. The third-order valence-corrected chi connectivity index (χ3v) is 5.21. The van der Waals surface area contributed by atoms with Crippen LogP contribution in [0.1, 0.15) is 17.3 Å². The van der Waals surface area contributed by atoms with Gasteiger partial charge in [0, 0.05) is 7.05 Å². The van der Waals surface area contributed by atoms with Gasteiger partial charge in [0.1, 0.15) is 5.75 Å². The van der Waals surface area contributed by atoms with Gasteiger partial charge in [0.15, 0.2) is 6.10 Å². The highest BCUT2D eigenvalue weighted by Crippen LogP contribution is 2.26. The molecule has 0 aliphatic carbocycles. The maximum Gasteiger partial charge on any atom is 0.338 e. The normalized spacial score (nSPS) is 11.7. The number of rotatable bonds is 7. The molecular formula is C19H21N3O7S. The van der Waals surface area contributed by atoms with Gasteiger partial charge in [-0.2, -0.15) is 0 Å². The molecule has 0 fully saturated rings. The van der Waals surface area contributed by atoms with Crippen molar-refractivity contribution >= 4 is 33.6 Å². The number of urea groups is 1. The van der Waals surface area contributed by atoms with E-state index in [1.807, 2.05) is 5.32 Å². The van der Waals surface area contributed by atoms with Crippen molar-refractivity contribution in [2.45, 2.75) is 17.9 Å². The number of carbonyl (C=O) groups excluding carboxylic acids is 3. The van der Waals surface area contributed by atoms with Crippen molar-refractivity contribution in [3.63, 3.8) is 0 Å². The maximum absolute atomic E-state index is 12.7. The minimum Gasteiger partial charge on any atom is -0.495 e. The first-order valence-electron chi connectivity index (χ1n) is 8.67. The number of nitrogens with one attached hydrogen (secondary N) is 3. The summed E-state index contributed by atoms with van der Waals surface area (Å²) in [5, 5.41) is 4.17. The van der Waals surface area contributed by atoms with Crippen LogP contribution in [0.2, 0.25) is 0 Å². The van der Waals surface area contributed by atoms with E-state index < -0.39 is 34.0 Å². The first-order valence-corrected chi connectivity index (χ1v) is 10.2.